The smallest absolute Gasteiger partial charge is 0.309 e. The Morgan fingerprint density at radius 1 is 1.21 bits per heavy atom. The van der Waals surface area contributed by atoms with Gasteiger partial charge < -0.3 is 15.3 Å². The van der Waals surface area contributed by atoms with Crippen LogP contribution in [0.4, 0.5) is 0 Å². The maximum atomic E-state index is 12.0. The lowest BCUT2D eigenvalue weighted by molar-refractivity contribution is -0.190. The van der Waals surface area contributed by atoms with Gasteiger partial charge in [-0.05, 0) is 76.5 Å². The van der Waals surface area contributed by atoms with Crippen LogP contribution in [0.1, 0.15) is 72.6 Å². The zero-order valence-corrected chi connectivity index (χ0v) is 15.6. The molecular formula is C20H34O4. The molecule has 24 heavy (non-hydrogen) atoms. The number of allylic oxidation sites excluding steroid dienone is 1. The van der Waals surface area contributed by atoms with Crippen LogP contribution in [0.3, 0.4) is 0 Å². The fourth-order valence-electron chi connectivity index (χ4n) is 5.83. The van der Waals surface area contributed by atoms with E-state index < -0.39 is 17.0 Å². The van der Waals surface area contributed by atoms with Crippen molar-refractivity contribution in [2.45, 2.75) is 78.2 Å². The van der Waals surface area contributed by atoms with Crippen LogP contribution in [0.5, 0.6) is 0 Å². The highest BCUT2D eigenvalue weighted by molar-refractivity contribution is 5.75. The summed E-state index contributed by atoms with van der Waals surface area (Å²) in [6.45, 7) is 8.10. The van der Waals surface area contributed by atoms with E-state index in [4.69, 9.17) is 5.11 Å². The minimum Gasteiger partial charge on any atom is -0.481 e. The van der Waals surface area contributed by atoms with E-state index in [0.29, 0.717) is 6.42 Å². The summed E-state index contributed by atoms with van der Waals surface area (Å²) in [6.07, 6.45) is 7.60. The summed E-state index contributed by atoms with van der Waals surface area (Å²) in [6, 6.07) is 0. The van der Waals surface area contributed by atoms with E-state index >= 15 is 0 Å². The molecule has 138 valence electrons. The Morgan fingerprint density at radius 3 is 2.46 bits per heavy atom. The molecule has 5 unspecified atom stereocenters. The van der Waals surface area contributed by atoms with Gasteiger partial charge in [-0.15, -0.1) is 0 Å². The van der Waals surface area contributed by atoms with Crippen molar-refractivity contribution in [3.8, 4) is 0 Å². The molecule has 4 nitrogen and oxygen atoms in total. The van der Waals surface area contributed by atoms with Crippen molar-refractivity contribution in [2.24, 2.45) is 22.7 Å². The van der Waals surface area contributed by atoms with Crippen LogP contribution in [0.2, 0.25) is 0 Å². The second-order valence-electron chi connectivity index (χ2n) is 8.85. The number of aliphatic hydroxyl groups excluding tert-OH is 1. The molecule has 2 fully saturated rings. The van der Waals surface area contributed by atoms with Gasteiger partial charge in [-0.3, -0.25) is 4.79 Å². The van der Waals surface area contributed by atoms with Gasteiger partial charge in [0.25, 0.3) is 0 Å². The third-order valence-electron chi connectivity index (χ3n) is 7.22. The molecule has 3 N–H and O–H groups in total. The zero-order valence-electron chi connectivity index (χ0n) is 15.6. The Balaban J connectivity index is 2.32. The highest BCUT2D eigenvalue weighted by Crippen LogP contribution is 2.63. The van der Waals surface area contributed by atoms with Gasteiger partial charge in [-0.2, -0.15) is 0 Å². The highest BCUT2D eigenvalue weighted by atomic mass is 16.4. The average Bonchev–Trinajstić information content (AvgIpc) is 2.45. The second kappa shape index (κ2) is 6.80. The lowest BCUT2D eigenvalue weighted by Crippen LogP contribution is -2.59. The van der Waals surface area contributed by atoms with E-state index in [9.17, 15) is 15.0 Å². The van der Waals surface area contributed by atoms with E-state index in [-0.39, 0.29) is 23.9 Å². The minimum absolute atomic E-state index is 0.0455. The van der Waals surface area contributed by atoms with Gasteiger partial charge in [-0.25, -0.2) is 0 Å². The molecule has 2 aliphatic carbocycles. The van der Waals surface area contributed by atoms with Crippen LogP contribution in [0.25, 0.3) is 0 Å². The van der Waals surface area contributed by atoms with Gasteiger partial charge in [0.1, 0.15) is 0 Å². The van der Waals surface area contributed by atoms with E-state index in [0.717, 1.165) is 44.1 Å². The van der Waals surface area contributed by atoms with E-state index in [1.807, 2.05) is 26.8 Å². The van der Waals surface area contributed by atoms with Crippen molar-refractivity contribution < 1.29 is 20.1 Å². The number of carboxylic acid groups (broad SMARTS) is 1. The third kappa shape index (κ3) is 3.28. The summed E-state index contributed by atoms with van der Waals surface area (Å²) >= 11 is 0. The van der Waals surface area contributed by atoms with Crippen molar-refractivity contribution in [1.29, 1.82) is 0 Å². The molecule has 2 rings (SSSR count). The summed E-state index contributed by atoms with van der Waals surface area (Å²) in [5.74, 6) is -0.483. The molecule has 2 saturated carbocycles. The predicted octanol–water partition coefficient (Wildman–Crippen LogP) is 3.76. The maximum Gasteiger partial charge on any atom is 0.309 e. The van der Waals surface area contributed by atoms with Crippen LogP contribution < -0.4 is 0 Å². The zero-order chi connectivity index (χ0) is 18.2. The Morgan fingerprint density at radius 2 is 1.88 bits per heavy atom. The molecule has 0 bridgehead atoms. The number of hydrogen-bond acceptors (Lipinski definition) is 3. The number of aliphatic hydroxyl groups is 2. The molecule has 0 spiro atoms. The van der Waals surface area contributed by atoms with Crippen molar-refractivity contribution in [3.05, 3.63) is 11.6 Å². The Bertz CT molecular complexity index is 510. The summed E-state index contributed by atoms with van der Waals surface area (Å²) in [5.41, 5.74) is -0.442. The monoisotopic (exact) mass is 338 g/mol. The Labute approximate surface area is 146 Å². The lowest BCUT2D eigenvalue weighted by Gasteiger charge is -2.60. The van der Waals surface area contributed by atoms with Crippen LogP contribution in [0, 0.1) is 22.7 Å². The molecule has 4 heteroatoms. The number of hydrogen-bond donors (Lipinski definition) is 3. The number of rotatable bonds is 5. The quantitative estimate of drug-likeness (QED) is 0.667. The molecule has 0 heterocycles. The van der Waals surface area contributed by atoms with E-state index in [1.165, 1.54) is 0 Å². The first-order chi connectivity index (χ1) is 11.1. The van der Waals surface area contributed by atoms with Crippen molar-refractivity contribution in [1.82, 2.24) is 0 Å². The number of aliphatic carboxylic acids is 1. The molecule has 2 aliphatic rings. The molecule has 0 aromatic rings. The van der Waals surface area contributed by atoms with Crippen LogP contribution >= 0.6 is 0 Å². The van der Waals surface area contributed by atoms with E-state index in [1.54, 1.807) is 0 Å². The molecular weight excluding hydrogens is 304 g/mol. The van der Waals surface area contributed by atoms with Gasteiger partial charge in [-0.1, -0.05) is 25.0 Å². The topological polar surface area (TPSA) is 77.8 Å². The Kier molecular flexibility index (Phi) is 5.51. The normalized spacial score (nSPS) is 43.3. The maximum absolute atomic E-state index is 12.0. The van der Waals surface area contributed by atoms with Crippen LogP contribution in [-0.2, 0) is 4.79 Å². The number of carboxylic acids is 1. The van der Waals surface area contributed by atoms with Gasteiger partial charge in [0, 0.05) is 0 Å². The molecule has 0 amide bonds. The van der Waals surface area contributed by atoms with Crippen LogP contribution in [-0.4, -0.2) is 33.5 Å². The summed E-state index contributed by atoms with van der Waals surface area (Å²) in [7, 11) is 0. The number of fused-ring (bicyclic) bond motifs is 1. The summed E-state index contributed by atoms with van der Waals surface area (Å²) in [4.78, 5) is 12.0. The molecule has 0 aliphatic heterocycles. The molecule has 5 atom stereocenters. The first-order valence-corrected chi connectivity index (χ1v) is 9.30. The summed E-state index contributed by atoms with van der Waals surface area (Å²) < 4.78 is 0. The SMILES string of the molecule is CC(=CCO)CCC1C(C)(O)CCC2C(C)(C(=O)O)CCCC12C. The van der Waals surface area contributed by atoms with Crippen molar-refractivity contribution >= 4 is 5.97 Å². The van der Waals surface area contributed by atoms with Crippen LogP contribution in [0.15, 0.2) is 11.6 Å². The minimum atomic E-state index is -0.749. The van der Waals surface area contributed by atoms with Gasteiger partial charge in [0.05, 0.1) is 17.6 Å². The largest absolute Gasteiger partial charge is 0.481 e. The van der Waals surface area contributed by atoms with E-state index in [2.05, 4.69) is 6.92 Å². The molecule has 0 radical (unpaired) electrons. The molecule has 0 aromatic heterocycles. The molecule has 0 saturated heterocycles. The average molecular weight is 338 g/mol. The second-order valence-corrected chi connectivity index (χ2v) is 8.85. The first-order valence-electron chi connectivity index (χ1n) is 9.30. The van der Waals surface area contributed by atoms with Crippen molar-refractivity contribution in [2.75, 3.05) is 6.61 Å². The van der Waals surface area contributed by atoms with Gasteiger partial charge in [0.15, 0.2) is 0 Å². The van der Waals surface area contributed by atoms with Gasteiger partial charge >= 0.3 is 5.97 Å². The number of carbonyl (C=O) groups is 1. The fourth-order valence-corrected chi connectivity index (χ4v) is 5.83. The highest BCUT2D eigenvalue weighted by Gasteiger charge is 2.60. The Hall–Kier alpha value is -0.870. The fraction of sp³-hybridized carbons (Fsp3) is 0.850. The van der Waals surface area contributed by atoms with Gasteiger partial charge in [0.2, 0.25) is 0 Å². The summed E-state index contributed by atoms with van der Waals surface area (Å²) in [5, 5.41) is 30.0. The standard InChI is InChI=1S/C20H34O4/c1-14(9-13-21)6-7-16-18(2)10-5-11-19(3,17(22)23)15(18)8-12-20(16,4)24/h9,15-16,21,24H,5-8,10-13H2,1-4H3,(H,22,23). The lowest BCUT2D eigenvalue weighted by atomic mass is 9.44. The van der Waals surface area contributed by atoms with Crippen molar-refractivity contribution in [3.63, 3.8) is 0 Å². The third-order valence-corrected chi connectivity index (χ3v) is 7.22. The predicted molar refractivity (Wildman–Crippen MR) is 94.6 cm³/mol. The molecule has 0 aromatic carbocycles. The first kappa shape index (κ1) is 19.5.